The van der Waals surface area contributed by atoms with E-state index in [1.54, 1.807) is 17.0 Å². The van der Waals surface area contributed by atoms with Gasteiger partial charge >= 0.3 is 6.09 Å². The van der Waals surface area contributed by atoms with Crippen LogP contribution in [-0.2, 0) is 9.47 Å². The molecule has 1 amide bonds. The van der Waals surface area contributed by atoms with E-state index < -0.39 is 17.5 Å². The van der Waals surface area contributed by atoms with E-state index >= 15 is 4.39 Å². The van der Waals surface area contributed by atoms with Crippen LogP contribution in [0.4, 0.5) is 9.18 Å². The average molecular weight is 567 g/mol. The van der Waals surface area contributed by atoms with Gasteiger partial charge in [0.1, 0.15) is 12.2 Å². The molecular weight excluding hydrogens is 531 g/mol. The monoisotopic (exact) mass is 566 g/mol. The van der Waals surface area contributed by atoms with Crippen molar-refractivity contribution in [2.75, 3.05) is 33.4 Å². The molecule has 0 fully saturated rings. The van der Waals surface area contributed by atoms with Crippen LogP contribution in [0.3, 0.4) is 0 Å². The van der Waals surface area contributed by atoms with E-state index in [-0.39, 0.29) is 41.0 Å². The molecule has 3 aromatic carbocycles. The van der Waals surface area contributed by atoms with E-state index in [2.05, 4.69) is 6.07 Å². The quantitative estimate of drug-likeness (QED) is 0.221. The number of hydrogen-bond acceptors (Lipinski definition) is 5. The van der Waals surface area contributed by atoms with Gasteiger partial charge in [-0.15, -0.1) is 0 Å². The van der Waals surface area contributed by atoms with Gasteiger partial charge in [0.2, 0.25) is 0 Å². The van der Waals surface area contributed by atoms with Crippen molar-refractivity contribution < 1.29 is 23.4 Å². The van der Waals surface area contributed by atoms with Crippen LogP contribution in [0.25, 0.3) is 11.1 Å². The number of hydrogen-bond donors (Lipinski definition) is 0. The topological polar surface area (TPSA) is 71.8 Å². The molecule has 3 rings (SSSR count). The standard InChI is InChI=1S/C32H36ClFN2O4/c1-6-16-36(31(37)40-32(2,3)4)21-26(22-10-8-7-9-11-22)23-12-14-27(33)25(19-23)29-24(20-35)13-15-28(30(29)34)39-18-17-38-5/h7-15,19,26H,6,16-18,21H2,1-5H3. The third kappa shape index (κ3) is 7.97. The number of methoxy groups -OCH3 is 1. The summed E-state index contributed by atoms with van der Waals surface area (Å²) in [4.78, 5) is 14.8. The van der Waals surface area contributed by atoms with Gasteiger partial charge in [0.25, 0.3) is 0 Å². The SMILES string of the molecule is CCCN(CC(c1ccccc1)c1ccc(Cl)c(-c2c(C#N)ccc(OCCOC)c2F)c1)C(=O)OC(C)(C)C. The zero-order chi connectivity index (χ0) is 29.3. The van der Waals surface area contributed by atoms with E-state index in [9.17, 15) is 10.1 Å². The van der Waals surface area contributed by atoms with Gasteiger partial charge in [0.15, 0.2) is 11.6 Å². The summed E-state index contributed by atoms with van der Waals surface area (Å²) in [5, 5.41) is 10.1. The van der Waals surface area contributed by atoms with Crippen molar-refractivity contribution in [2.45, 2.75) is 45.6 Å². The first-order chi connectivity index (χ1) is 19.1. The zero-order valence-electron chi connectivity index (χ0n) is 23.7. The normalized spacial score (nSPS) is 11.9. The lowest BCUT2D eigenvalue weighted by atomic mass is 9.88. The highest BCUT2D eigenvalue weighted by Gasteiger charge is 2.27. The molecular formula is C32H36ClFN2O4. The van der Waals surface area contributed by atoms with Crippen molar-refractivity contribution >= 4 is 17.7 Å². The minimum absolute atomic E-state index is 0.00572. The van der Waals surface area contributed by atoms with Gasteiger partial charge < -0.3 is 19.1 Å². The predicted octanol–water partition coefficient (Wildman–Crippen LogP) is 7.82. The fourth-order valence-electron chi connectivity index (χ4n) is 4.37. The lowest BCUT2D eigenvalue weighted by molar-refractivity contribution is 0.0244. The van der Waals surface area contributed by atoms with Crippen molar-refractivity contribution in [1.29, 1.82) is 5.26 Å². The number of halogens is 2. The lowest BCUT2D eigenvalue weighted by Crippen LogP contribution is -2.39. The van der Waals surface area contributed by atoms with Gasteiger partial charge in [-0.05, 0) is 62.6 Å². The molecule has 8 heteroatoms. The lowest BCUT2D eigenvalue weighted by Gasteiger charge is -2.31. The second kappa shape index (κ2) is 14.2. The van der Waals surface area contributed by atoms with Gasteiger partial charge in [0, 0.05) is 42.3 Å². The van der Waals surface area contributed by atoms with Crippen molar-refractivity contribution in [3.8, 4) is 22.9 Å². The maximum Gasteiger partial charge on any atom is 0.410 e. The number of benzene rings is 3. The highest BCUT2D eigenvalue weighted by Crippen LogP contribution is 2.39. The van der Waals surface area contributed by atoms with Crippen LogP contribution >= 0.6 is 11.6 Å². The van der Waals surface area contributed by atoms with Crippen molar-refractivity contribution in [2.24, 2.45) is 0 Å². The first kappa shape index (κ1) is 30.9. The summed E-state index contributed by atoms with van der Waals surface area (Å²) in [6, 6.07) is 20.1. The molecule has 0 aromatic heterocycles. The summed E-state index contributed by atoms with van der Waals surface area (Å²) in [5.74, 6) is -0.941. The van der Waals surface area contributed by atoms with E-state index in [1.807, 2.05) is 64.1 Å². The Morgan fingerprint density at radius 1 is 1.07 bits per heavy atom. The summed E-state index contributed by atoms with van der Waals surface area (Å²) in [6.45, 7) is 8.80. The smallest absolute Gasteiger partial charge is 0.410 e. The Morgan fingerprint density at radius 3 is 2.42 bits per heavy atom. The van der Waals surface area contributed by atoms with Gasteiger partial charge in [-0.2, -0.15) is 5.26 Å². The molecule has 40 heavy (non-hydrogen) atoms. The number of nitriles is 1. The molecule has 212 valence electrons. The van der Waals surface area contributed by atoms with Crippen molar-refractivity contribution in [3.05, 3.63) is 88.2 Å². The fourth-order valence-corrected chi connectivity index (χ4v) is 4.59. The van der Waals surface area contributed by atoms with Crippen LogP contribution in [0.2, 0.25) is 5.02 Å². The zero-order valence-corrected chi connectivity index (χ0v) is 24.4. The molecule has 0 radical (unpaired) electrons. The molecule has 0 spiro atoms. The number of carbonyl (C=O) groups is 1. The Kier molecular flexibility index (Phi) is 10.9. The Morgan fingerprint density at radius 2 is 1.80 bits per heavy atom. The molecule has 1 unspecified atom stereocenters. The molecule has 6 nitrogen and oxygen atoms in total. The maximum atomic E-state index is 15.8. The minimum atomic E-state index is -0.674. The maximum absolute atomic E-state index is 15.8. The Balaban J connectivity index is 2.12. The Hall–Kier alpha value is -3.60. The van der Waals surface area contributed by atoms with Crippen LogP contribution in [0.15, 0.2) is 60.7 Å². The second-order valence-corrected chi connectivity index (χ2v) is 10.8. The first-order valence-corrected chi connectivity index (χ1v) is 13.6. The molecule has 0 aliphatic heterocycles. The second-order valence-electron chi connectivity index (χ2n) is 10.4. The highest BCUT2D eigenvalue weighted by atomic mass is 35.5. The minimum Gasteiger partial charge on any atom is -0.488 e. The van der Waals surface area contributed by atoms with Crippen molar-refractivity contribution in [3.63, 3.8) is 0 Å². The number of amides is 1. The summed E-state index contributed by atoms with van der Waals surface area (Å²) < 4.78 is 32.1. The van der Waals surface area contributed by atoms with Gasteiger partial charge in [-0.1, -0.05) is 54.9 Å². The number of ether oxygens (including phenoxy) is 3. The fraction of sp³-hybridized carbons (Fsp3) is 0.375. The number of rotatable bonds is 11. The summed E-state index contributed by atoms with van der Waals surface area (Å²) >= 11 is 6.62. The molecule has 0 aliphatic rings. The Labute approximate surface area is 241 Å². The summed E-state index contributed by atoms with van der Waals surface area (Å²) in [5.41, 5.74) is 1.70. The largest absolute Gasteiger partial charge is 0.488 e. The molecule has 0 saturated heterocycles. The highest BCUT2D eigenvalue weighted by molar-refractivity contribution is 6.33. The van der Waals surface area contributed by atoms with Crippen LogP contribution in [0, 0.1) is 17.1 Å². The van der Waals surface area contributed by atoms with E-state index in [1.165, 1.54) is 19.2 Å². The molecule has 0 heterocycles. The van der Waals surface area contributed by atoms with E-state index in [0.717, 1.165) is 17.5 Å². The summed E-state index contributed by atoms with van der Waals surface area (Å²) in [7, 11) is 1.53. The van der Waals surface area contributed by atoms with Crippen LogP contribution < -0.4 is 4.74 Å². The predicted molar refractivity (Wildman–Crippen MR) is 155 cm³/mol. The molecule has 1 atom stereocenters. The molecule has 0 saturated carbocycles. The third-order valence-electron chi connectivity index (χ3n) is 6.18. The van der Waals surface area contributed by atoms with Crippen LogP contribution in [-0.4, -0.2) is 50.0 Å². The summed E-state index contributed by atoms with van der Waals surface area (Å²) in [6.07, 6.45) is 0.349. The van der Waals surface area contributed by atoms with Crippen LogP contribution in [0.5, 0.6) is 5.75 Å². The molecule has 0 N–H and O–H groups in total. The van der Waals surface area contributed by atoms with Crippen molar-refractivity contribution in [1.82, 2.24) is 4.90 Å². The molecule has 0 aliphatic carbocycles. The molecule has 3 aromatic rings. The first-order valence-electron chi connectivity index (χ1n) is 13.3. The Bertz CT molecular complexity index is 1340. The third-order valence-corrected chi connectivity index (χ3v) is 6.51. The number of carbonyl (C=O) groups excluding carboxylic acids is 1. The van der Waals surface area contributed by atoms with E-state index in [4.69, 9.17) is 25.8 Å². The van der Waals surface area contributed by atoms with Crippen LogP contribution in [0.1, 0.15) is 56.7 Å². The molecule has 0 bridgehead atoms. The number of nitrogens with zero attached hydrogens (tertiary/aromatic N) is 2. The van der Waals surface area contributed by atoms with E-state index in [0.29, 0.717) is 18.7 Å². The van der Waals surface area contributed by atoms with Gasteiger partial charge in [-0.3, -0.25) is 0 Å². The van der Waals surface area contributed by atoms with Gasteiger partial charge in [0.05, 0.1) is 18.2 Å². The van der Waals surface area contributed by atoms with Gasteiger partial charge in [-0.25, -0.2) is 9.18 Å². The average Bonchev–Trinajstić information content (AvgIpc) is 2.92.